The summed E-state index contributed by atoms with van der Waals surface area (Å²) in [7, 11) is -9.99. The molecule has 19 heteroatoms. The highest BCUT2D eigenvalue weighted by molar-refractivity contribution is 7.92. The number of nitro benzene ring substituents is 1. The first-order valence-electron chi connectivity index (χ1n) is 9.46. The van der Waals surface area contributed by atoms with Gasteiger partial charge >= 0.3 is 7.82 Å². The van der Waals surface area contributed by atoms with Gasteiger partial charge in [0, 0.05) is 12.1 Å². The second-order valence-corrected chi connectivity index (χ2v) is 10.6. The molecule has 17 nitrogen and oxygen atoms in total. The monoisotopic (exact) mass is 532 g/mol. The van der Waals surface area contributed by atoms with Gasteiger partial charge in [-0.15, -0.1) is 0 Å². The number of nitro groups is 1. The lowest BCUT2D eigenvalue weighted by atomic mass is 10.1. The number of ether oxygens (including phenoxy) is 1. The molecule has 1 fully saturated rings. The number of benzene rings is 1. The number of fused-ring (bicyclic) bond motifs is 1. The van der Waals surface area contributed by atoms with Crippen LogP contribution in [0.25, 0.3) is 11.2 Å². The van der Waals surface area contributed by atoms with E-state index >= 15 is 0 Å². The van der Waals surface area contributed by atoms with Crippen molar-refractivity contribution in [2.45, 2.75) is 28.3 Å². The normalized spacial score (nSPS) is 25.2. The summed E-state index contributed by atoms with van der Waals surface area (Å²) in [6.45, 7) is -1.01. The molecule has 4 rings (SSSR count). The summed E-state index contributed by atoms with van der Waals surface area (Å²) in [6.07, 6.45) is -4.20. The molecule has 1 aliphatic heterocycles. The molecule has 0 spiro atoms. The van der Waals surface area contributed by atoms with E-state index in [9.17, 15) is 33.3 Å². The van der Waals surface area contributed by atoms with Gasteiger partial charge in [0.2, 0.25) is 9.84 Å². The van der Waals surface area contributed by atoms with Crippen LogP contribution in [0.1, 0.15) is 0 Å². The van der Waals surface area contributed by atoms with Crippen molar-refractivity contribution in [3.05, 3.63) is 47.0 Å². The number of hydrogen-bond acceptors (Lipinski definition) is 13. The van der Waals surface area contributed by atoms with Crippen molar-refractivity contribution in [1.29, 1.82) is 0 Å². The Hall–Kier alpha value is -3.09. The van der Waals surface area contributed by atoms with Crippen molar-refractivity contribution >= 4 is 40.3 Å². The van der Waals surface area contributed by atoms with Gasteiger partial charge in [-0.2, -0.15) is 0 Å². The SMILES string of the molecule is Nc1ncnc2c1ncn2[C@]1(S(=O)(=O)c2ccc([N+](=O)[O-])cc2)O[C@H](COP(=O)(O)O)[C@@H](O)[C@H]1O. The van der Waals surface area contributed by atoms with Gasteiger partial charge in [0.05, 0.1) is 16.4 Å². The summed E-state index contributed by atoms with van der Waals surface area (Å²) in [5, 5.41) is 29.7. The number of phosphoric ester groups is 1. The van der Waals surface area contributed by atoms with E-state index in [0.29, 0.717) is 0 Å². The number of nitrogens with two attached hydrogens (primary N) is 1. The third-order valence-electron chi connectivity index (χ3n) is 5.25. The molecule has 1 saturated heterocycles. The number of aliphatic hydroxyl groups excluding tert-OH is 2. The van der Waals surface area contributed by atoms with Crippen LogP contribution in [-0.4, -0.2) is 77.8 Å². The molecule has 0 amide bonds. The van der Waals surface area contributed by atoms with E-state index in [4.69, 9.17) is 20.3 Å². The van der Waals surface area contributed by atoms with E-state index in [0.717, 1.165) is 41.5 Å². The summed E-state index contributed by atoms with van der Waals surface area (Å²) in [6, 6.07) is 3.58. The van der Waals surface area contributed by atoms with Gasteiger partial charge in [-0.05, 0) is 12.1 Å². The Morgan fingerprint density at radius 3 is 2.49 bits per heavy atom. The third-order valence-corrected chi connectivity index (χ3v) is 7.93. The van der Waals surface area contributed by atoms with Gasteiger partial charge in [-0.25, -0.2) is 27.9 Å². The topological polar surface area (TPSA) is 263 Å². The molecule has 2 aromatic heterocycles. The summed E-state index contributed by atoms with van der Waals surface area (Å²) in [4.78, 5) is 39.3. The summed E-state index contributed by atoms with van der Waals surface area (Å²) in [5.74, 6) is -0.147. The predicted octanol–water partition coefficient (Wildman–Crippen LogP) is -1.37. The maximum atomic E-state index is 13.9. The first-order chi connectivity index (χ1) is 16.3. The van der Waals surface area contributed by atoms with Gasteiger partial charge in [0.25, 0.3) is 10.7 Å². The van der Waals surface area contributed by atoms with E-state index < -0.39 is 63.1 Å². The number of hydrogen-bond donors (Lipinski definition) is 5. The smallest absolute Gasteiger partial charge is 0.387 e. The van der Waals surface area contributed by atoms with Crippen LogP contribution in [0, 0.1) is 10.1 Å². The van der Waals surface area contributed by atoms with Crippen molar-refractivity contribution in [2.24, 2.45) is 0 Å². The van der Waals surface area contributed by atoms with E-state index in [2.05, 4.69) is 19.5 Å². The first kappa shape index (κ1) is 25.0. The zero-order valence-corrected chi connectivity index (χ0v) is 18.9. The molecule has 1 aliphatic rings. The van der Waals surface area contributed by atoms with Crippen LogP contribution in [0.15, 0.2) is 41.8 Å². The second kappa shape index (κ2) is 8.54. The van der Waals surface area contributed by atoms with Crippen molar-refractivity contribution in [3.8, 4) is 0 Å². The van der Waals surface area contributed by atoms with Crippen molar-refractivity contribution in [2.75, 3.05) is 12.3 Å². The second-order valence-electron chi connectivity index (χ2n) is 7.31. The Morgan fingerprint density at radius 2 is 1.89 bits per heavy atom. The highest BCUT2D eigenvalue weighted by Crippen LogP contribution is 2.46. The Labute approximate surface area is 195 Å². The minimum absolute atomic E-state index is 0.0778. The molecule has 0 unspecified atom stereocenters. The summed E-state index contributed by atoms with van der Waals surface area (Å²) >= 11 is 0. The Balaban J connectivity index is 1.93. The molecular weight excluding hydrogens is 515 g/mol. The number of imidazole rings is 1. The van der Waals surface area contributed by atoms with Crippen molar-refractivity contribution in [1.82, 2.24) is 19.5 Å². The van der Waals surface area contributed by atoms with Crippen molar-refractivity contribution < 1.29 is 47.2 Å². The predicted molar refractivity (Wildman–Crippen MR) is 113 cm³/mol. The standard InChI is InChI=1S/C16H17N6O11PS/c17-14-11-15(19-6-18-14)21(7-20-11)16(13(24)12(23)10(33-16)5-32-34(27,28)29)35(30,31)9-3-1-8(2-4-9)22(25)26/h1-4,6-7,10,12-13,23-24H,5H2,(H2,17,18,19)(H2,27,28,29)/t10-,12-,13-,16+/m1/s1. The molecule has 4 atom stereocenters. The van der Waals surface area contributed by atoms with E-state index in [1.165, 1.54) is 0 Å². The highest BCUT2D eigenvalue weighted by Gasteiger charge is 2.65. The number of aromatic nitrogens is 4. The van der Waals surface area contributed by atoms with Crippen LogP contribution in [0.2, 0.25) is 0 Å². The molecule has 188 valence electrons. The van der Waals surface area contributed by atoms with Gasteiger partial charge in [-0.1, -0.05) is 0 Å². The quantitative estimate of drug-likeness (QED) is 0.133. The molecule has 0 bridgehead atoms. The number of non-ortho nitro benzene ring substituents is 1. The van der Waals surface area contributed by atoms with Crippen LogP contribution in [-0.2, 0) is 28.7 Å². The van der Waals surface area contributed by atoms with Crippen molar-refractivity contribution in [3.63, 3.8) is 0 Å². The molecule has 6 N–H and O–H groups in total. The minimum Gasteiger partial charge on any atom is -0.387 e. The molecule has 1 aromatic carbocycles. The number of sulfone groups is 1. The zero-order valence-electron chi connectivity index (χ0n) is 17.2. The highest BCUT2D eigenvalue weighted by atomic mass is 32.2. The molecule has 0 radical (unpaired) electrons. The average molecular weight is 532 g/mol. The van der Waals surface area contributed by atoms with E-state index in [-0.39, 0.29) is 17.0 Å². The number of nitrogens with zero attached hydrogens (tertiary/aromatic N) is 5. The number of rotatable bonds is 7. The fourth-order valence-electron chi connectivity index (χ4n) is 3.63. The lowest BCUT2D eigenvalue weighted by molar-refractivity contribution is -0.384. The molecular formula is C16H17N6O11PS. The fraction of sp³-hybridized carbons (Fsp3) is 0.312. The Morgan fingerprint density at radius 1 is 1.23 bits per heavy atom. The maximum Gasteiger partial charge on any atom is 0.469 e. The van der Waals surface area contributed by atoms with Crippen LogP contribution in [0.3, 0.4) is 0 Å². The lowest BCUT2D eigenvalue weighted by Gasteiger charge is -2.33. The Kier molecular flexibility index (Phi) is 6.10. The summed E-state index contributed by atoms with van der Waals surface area (Å²) < 4.78 is 49.6. The van der Waals surface area contributed by atoms with Crippen LogP contribution in [0.4, 0.5) is 11.5 Å². The number of anilines is 1. The molecule has 35 heavy (non-hydrogen) atoms. The van der Waals surface area contributed by atoms with Gasteiger partial charge in [-0.3, -0.25) is 19.2 Å². The fourth-order valence-corrected chi connectivity index (χ4v) is 5.90. The van der Waals surface area contributed by atoms with Gasteiger partial charge in [0.15, 0.2) is 11.5 Å². The number of aliphatic hydroxyl groups is 2. The molecule has 3 aromatic rings. The first-order valence-corrected chi connectivity index (χ1v) is 12.5. The Bertz CT molecular complexity index is 1440. The third kappa shape index (κ3) is 4.05. The largest absolute Gasteiger partial charge is 0.469 e. The zero-order chi connectivity index (χ0) is 25.8. The minimum atomic E-state index is -5.07. The van der Waals surface area contributed by atoms with Crippen LogP contribution in [0.5, 0.6) is 0 Å². The van der Waals surface area contributed by atoms with E-state index in [1.807, 2.05) is 0 Å². The van der Waals surface area contributed by atoms with Crippen LogP contribution < -0.4 is 5.73 Å². The van der Waals surface area contributed by atoms with E-state index in [1.54, 1.807) is 0 Å². The van der Waals surface area contributed by atoms with Gasteiger partial charge in [0.1, 0.15) is 36.5 Å². The molecule has 0 aliphatic carbocycles. The summed E-state index contributed by atoms with van der Waals surface area (Å²) in [5.41, 5.74) is 5.03. The van der Waals surface area contributed by atoms with Gasteiger partial charge < -0.3 is 30.5 Å². The molecule has 3 heterocycles. The lowest BCUT2D eigenvalue weighted by Crippen LogP contribution is -2.51. The number of phosphoric acid groups is 1. The average Bonchev–Trinajstić information content (AvgIpc) is 3.33. The van der Waals surface area contributed by atoms with Crippen LogP contribution >= 0.6 is 7.82 Å². The maximum absolute atomic E-state index is 13.9. The number of nitrogen functional groups attached to an aromatic ring is 1. The molecule has 0 saturated carbocycles.